The van der Waals surface area contributed by atoms with Crippen molar-refractivity contribution in [2.24, 2.45) is 0 Å². The number of nitrogens with one attached hydrogen (secondary N) is 4. The summed E-state index contributed by atoms with van der Waals surface area (Å²) >= 11 is 0. The quantitative estimate of drug-likeness (QED) is 0.318. The lowest BCUT2D eigenvalue weighted by molar-refractivity contribution is -0.140. The number of aromatic nitrogens is 1. The second-order valence-electron chi connectivity index (χ2n) is 11.6. The van der Waals surface area contributed by atoms with Crippen LogP contribution >= 0.6 is 0 Å². The molecule has 0 unspecified atom stereocenters. The zero-order valence-electron chi connectivity index (χ0n) is 26.2. The summed E-state index contributed by atoms with van der Waals surface area (Å²) in [5.41, 5.74) is 2.06. The summed E-state index contributed by atoms with van der Waals surface area (Å²) in [4.78, 5) is 73.0. The maximum Gasteiger partial charge on any atom is 0.255 e. The summed E-state index contributed by atoms with van der Waals surface area (Å²) in [5.74, 6) is -2.01. The molecule has 2 aliphatic heterocycles. The second kappa shape index (κ2) is 16.3. The van der Waals surface area contributed by atoms with Crippen LogP contribution in [-0.2, 0) is 32.0 Å². The zero-order chi connectivity index (χ0) is 33.0. The lowest BCUT2D eigenvalue weighted by Crippen LogP contribution is -2.55. The van der Waals surface area contributed by atoms with Crippen molar-refractivity contribution in [3.8, 4) is 5.75 Å². The first kappa shape index (κ1) is 33.1. The lowest BCUT2D eigenvalue weighted by atomic mass is 10.0. The molecule has 1 fully saturated rings. The number of carbonyl (C=O) groups excluding carboxylic acids is 5. The Morgan fingerprint density at radius 3 is 2.47 bits per heavy atom. The van der Waals surface area contributed by atoms with E-state index in [1.54, 1.807) is 36.7 Å². The monoisotopic (exact) mass is 640 g/mol. The van der Waals surface area contributed by atoms with E-state index < -0.39 is 41.8 Å². The highest BCUT2D eigenvalue weighted by Gasteiger charge is 2.38. The largest absolute Gasteiger partial charge is 0.493 e. The van der Waals surface area contributed by atoms with E-state index in [-0.39, 0.29) is 44.0 Å². The molecule has 5 rings (SSSR count). The van der Waals surface area contributed by atoms with Gasteiger partial charge in [-0.05, 0) is 61.1 Å². The molecular weight excluding hydrogens is 600 g/mol. The molecule has 3 heterocycles. The molecule has 1 saturated heterocycles. The van der Waals surface area contributed by atoms with Gasteiger partial charge in [-0.25, -0.2) is 0 Å². The van der Waals surface area contributed by atoms with Gasteiger partial charge in [0.2, 0.25) is 23.6 Å². The summed E-state index contributed by atoms with van der Waals surface area (Å²) in [6, 6.07) is 16.9. The van der Waals surface area contributed by atoms with Gasteiger partial charge in [-0.15, -0.1) is 0 Å². The number of hydrogen-bond acceptors (Lipinski definition) is 7. The first-order valence-corrected chi connectivity index (χ1v) is 16.0. The normalized spacial score (nSPS) is 21.1. The molecule has 0 bridgehead atoms. The Bertz CT molecular complexity index is 1550. The molecule has 5 amide bonds. The molecule has 3 atom stereocenters. The summed E-state index contributed by atoms with van der Waals surface area (Å²) in [6.45, 7) is 1.08. The fourth-order valence-electron chi connectivity index (χ4n) is 5.77. The first-order valence-electron chi connectivity index (χ1n) is 16.0. The van der Waals surface area contributed by atoms with Gasteiger partial charge in [0.1, 0.15) is 23.9 Å². The molecule has 47 heavy (non-hydrogen) atoms. The van der Waals surface area contributed by atoms with E-state index in [9.17, 15) is 24.0 Å². The molecule has 2 aliphatic rings. The molecule has 246 valence electrons. The van der Waals surface area contributed by atoms with Crippen molar-refractivity contribution >= 4 is 29.5 Å². The molecule has 0 aliphatic carbocycles. The van der Waals surface area contributed by atoms with Crippen molar-refractivity contribution in [1.82, 2.24) is 31.2 Å². The molecule has 0 spiro atoms. The maximum absolute atomic E-state index is 13.7. The Kier molecular flexibility index (Phi) is 11.5. The van der Waals surface area contributed by atoms with Crippen LogP contribution in [0.25, 0.3) is 0 Å². The van der Waals surface area contributed by atoms with Gasteiger partial charge >= 0.3 is 0 Å². The lowest BCUT2D eigenvalue weighted by Gasteiger charge is -2.28. The van der Waals surface area contributed by atoms with Crippen molar-refractivity contribution in [2.75, 3.05) is 26.2 Å². The van der Waals surface area contributed by atoms with Crippen LogP contribution in [0.2, 0.25) is 0 Å². The fraction of sp³-hybridized carbons (Fsp3) is 0.371. The van der Waals surface area contributed by atoms with Crippen LogP contribution < -0.4 is 26.0 Å². The molecule has 3 aromatic rings. The van der Waals surface area contributed by atoms with Crippen molar-refractivity contribution in [2.45, 2.75) is 56.7 Å². The van der Waals surface area contributed by atoms with Crippen molar-refractivity contribution in [1.29, 1.82) is 0 Å². The molecule has 12 heteroatoms. The molecule has 2 aromatic carbocycles. The van der Waals surface area contributed by atoms with Crippen LogP contribution in [-0.4, -0.2) is 83.8 Å². The number of benzene rings is 2. The number of amides is 5. The van der Waals surface area contributed by atoms with E-state index in [2.05, 4.69) is 26.3 Å². The number of para-hydroxylation sites is 1. The zero-order valence-corrected chi connectivity index (χ0v) is 26.2. The summed E-state index contributed by atoms with van der Waals surface area (Å²) in [7, 11) is 0. The van der Waals surface area contributed by atoms with Crippen molar-refractivity contribution < 1.29 is 28.7 Å². The summed E-state index contributed by atoms with van der Waals surface area (Å²) < 4.78 is 5.90. The SMILES string of the molecule is O=C1N[C@H](C(=O)NCCc2ccncc2)CC(=O)N2CCC[C@H]2C(=O)N[C@@H](Cc2ccccc2)C(=O)NCCCOc2ccccc21. The predicted octanol–water partition coefficient (Wildman–Crippen LogP) is 1.55. The highest BCUT2D eigenvalue weighted by Crippen LogP contribution is 2.21. The number of rotatable bonds is 6. The minimum atomic E-state index is -1.21. The number of hydrogen-bond donors (Lipinski definition) is 4. The van der Waals surface area contributed by atoms with Crippen LogP contribution in [0, 0.1) is 0 Å². The van der Waals surface area contributed by atoms with Gasteiger partial charge < -0.3 is 30.9 Å². The van der Waals surface area contributed by atoms with Gasteiger partial charge in [0.15, 0.2) is 0 Å². The number of pyridine rings is 1. The van der Waals surface area contributed by atoms with E-state index in [1.165, 1.54) is 4.90 Å². The van der Waals surface area contributed by atoms with Gasteiger partial charge in [0.05, 0.1) is 18.6 Å². The van der Waals surface area contributed by atoms with Gasteiger partial charge in [-0.2, -0.15) is 0 Å². The van der Waals surface area contributed by atoms with Crippen molar-refractivity contribution in [3.05, 3.63) is 95.8 Å². The van der Waals surface area contributed by atoms with E-state index in [4.69, 9.17) is 4.74 Å². The van der Waals surface area contributed by atoms with Crippen molar-refractivity contribution in [3.63, 3.8) is 0 Å². The number of ether oxygens (including phenoxy) is 1. The predicted molar refractivity (Wildman–Crippen MR) is 173 cm³/mol. The average molecular weight is 641 g/mol. The van der Waals surface area contributed by atoms with E-state index in [0.717, 1.165) is 11.1 Å². The van der Waals surface area contributed by atoms with Gasteiger partial charge in [0, 0.05) is 38.4 Å². The van der Waals surface area contributed by atoms with E-state index in [0.29, 0.717) is 38.0 Å². The van der Waals surface area contributed by atoms with Gasteiger partial charge in [0.25, 0.3) is 5.91 Å². The van der Waals surface area contributed by atoms with Crippen LogP contribution in [0.3, 0.4) is 0 Å². The average Bonchev–Trinajstić information content (AvgIpc) is 3.59. The minimum Gasteiger partial charge on any atom is -0.493 e. The first-order chi connectivity index (χ1) is 22.9. The molecule has 0 radical (unpaired) electrons. The third kappa shape index (κ3) is 9.15. The molecule has 0 saturated carbocycles. The fourth-order valence-corrected chi connectivity index (χ4v) is 5.77. The topological polar surface area (TPSA) is 159 Å². The van der Waals surface area contributed by atoms with Crippen LogP contribution in [0.4, 0.5) is 0 Å². The Morgan fingerprint density at radius 1 is 0.894 bits per heavy atom. The van der Waals surface area contributed by atoms with E-state index >= 15 is 0 Å². The minimum absolute atomic E-state index is 0.203. The number of carbonyl (C=O) groups is 5. The maximum atomic E-state index is 13.7. The summed E-state index contributed by atoms with van der Waals surface area (Å²) in [6.07, 6.45) is 5.23. The number of fused-ring (bicyclic) bond motifs is 2. The van der Waals surface area contributed by atoms with Crippen LogP contribution in [0.1, 0.15) is 47.2 Å². The Morgan fingerprint density at radius 2 is 1.66 bits per heavy atom. The standard InChI is InChI=1S/C35H40N6O6/c42-31-23-28(34(45)38-19-15-24-13-17-36-18-14-24)39-32(43)26-10-4-5-12-30(26)47-21-7-16-37-33(44)27(22-25-8-2-1-3-9-25)40-35(46)29-11-6-20-41(29)31/h1-5,8-10,12-14,17-18,27-29H,6-7,11,15-16,19-23H2,(H,37,44)(H,38,45)(H,39,43)(H,40,46)/t27-,28-,29-/m0/s1. The Hall–Kier alpha value is -5.26. The third-order valence-electron chi connectivity index (χ3n) is 8.26. The van der Waals surface area contributed by atoms with Gasteiger partial charge in [-0.1, -0.05) is 42.5 Å². The smallest absolute Gasteiger partial charge is 0.255 e. The Balaban J connectivity index is 1.38. The van der Waals surface area contributed by atoms with Gasteiger partial charge in [-0.3, -0.25) is 29.0 Å². The highest BCUT2D eigenvalue weighted by atomic mass is 16.5. The third-order valence-corrected chi connectivity index (χ3v) is 8.26. The molecule has 1 aromatic heterocycles. The molecular formula is C35H40N6O6. The number of nitrogens with zero attached hydrogens (tertiary/aromatic N) is 2. The second-order valence-corrected chi connectivity index (χ2v) is 11.6. The Labute approximate surface area is 273 Å². The summed E-state index contributed by atoms with van der Waals surface area (Å²) in [5, 5.41) is 11.3. The van der Waals surface area contributed by atoms with E-state index in [1.807, 2.05) is 42.5 Å². The van der Waals surface area contributed by atoms with Crippen LogP contribution in [0.15, 0.2) is 79.1 Å². The van der Waals surface area contributed by atoms with Crippen LogP contribution in [0.5, 0.6) is 5.75 Å². The molecule has 4 N–H and O–H groups in total. The highest BCUT2D eigenvalue weighted by molar-refractivity contribution is 6.01. The molecule has 12 nitrogen and oxygen atoms in total.